The van der Waals surface area contributed by atoms with E-state index in [0.717, 1.165) is 0 Å². The number of aromatic hydroxyl groups is 1. The monoisotopic (exact) mass is 278 g/mol. The van der Waals surface area contributed by atoms with Crippen molar-refractivity contribution < 1.29 is 73.6 Å². The van der Waals surface area contributed by atoms with E-state index in [9.17, 15) is 18.1 Å². The van der Waals surface area contributed by atoms with Crippen LogP contribution >= 0.6 is 0 Å². The third kappa shape index (κ3) is 3.65. The maximum absolute atomic E-state index is 10.5. The minimum atomic E-state index is -4.81. The van der Waals surface area contributed by atoms with E-state index in [1.807, 2.05) is 0 Å². The molecule has 0 saturated heterocycles. The Morgan fingerprint density at radius 3 is 2.24 bits per heavy atom. The van der Waals surface area contributed by atoms with Crippen LogP contribution in [-0.4, -0.2) is 18.1 Å². The molecule has 2 aromatic carbocycles. The summed E-state index contributed by atoms with van der Waals surface area (Å²) in [4.78, 5) is 0. The zero-order chi connectivity index (χ0) is 11.8. The summed E-state index contributed by atoms with van der Waals surface area (Å²) < 4.78 is 35.7. The van der Waals surface area contributed by atoms with Crippen LogP contribution in [0.3, 0.4) is 0 Å². The third-order valence-corrected chi connectivity index (χ3v) is 2.44. The number of hydrogen-bond donors (Lipinski definition) is 1. The van der Waals surface area contributed by atoms with Crippen molar-refractivity contribution in [2.75, 3.05) is 0 Å². The van der Waals surface area contributed by atoms with E-state index in [4.69, 9.17) is 0 Å². The summed E-state index contributed by atoms with van der Waals surface area (Å²) in [5.74, 6) is -0.102. The van der Waals surface area contributed by atoms with Crippen LogP contribution in [0.15, 0.2) is 36.4 Å². The fraction of sp³-hybridized carbons (Fsp3) is 0. The summed E-state index contributed by atoms with van der Waals surface area (Å²) in [6.45, 7) is 0. The molecule has 0 atom stereocenters. The van der Waals surface area contributed by atoms with Crippen LogP contribution in [0.4, 0.5) is 0 Å². The molecule has 84 valence electrons. The molecule has 0 amide bonds. The molecule has 0 aliphatic carbocycles. The predicted molar refractivity (Wildman–Crippen MR) is 55.9 cm³/mol. The van der Waals surface area contributed by atoms with Crippen molar-refractivity contribution in [2.45, 2.75) is 0 Å². The molecule has 0 radical (unpaired) electrons. The second-order valence-electron chi connectivity index (χ2n) is 3.12. The Morgan fingerprint density at radius 2 is 1.65 bits per heavy atom. The topological polar surface area (TPSA) is 86.7 Å². The number of benzene rings is 2. The molecule has 0 bridgehead atoms. The van der Waals surface area contributed by atoms with Crippen LogP contribution in [-0.2, 0) is 10.4 Å². The van der Waals surface area contributed by atoms with Crippen molar-refractivity contribution >= 4 is 21.2 Å². The van der Waals surface area contributed by atoms with Gasteiger partial charge in [-0.15, -0.1) is 0 Å². The van der Waals surface area contributed by atoms with E-state index in [-0.39, 0.29) is 62.9 Å². The van der Waals surface area contributed by atoms with Gasteiger partial charge in [-0.1, -0.05) is 24.3 Å². The van der Waals surface area contributed by atoms with Gasteiger partial charge in [0.25, 0.3) is 10.4 Å². The molecule has 0 aromatic heterocycles. The molecule has 0 unspecified atom stereocenters. The van der Waals surface area contributed by atoms with Crippen molar-refractivity contribution in [1.82, 2.24) is 0 Å². The number of phenolic OH excluding ortho intramolecular Hbond substituents is 1. The first-order valence-electron chi connectivity index (χ1n) is 4.33. The van der Waals surface area contributed by atoms with Gasteiger partial charge in [-0.25, -0.2) is 8.42 Å². The molecular formula is C10H7KO5S. The van der Waals surface area contributed by atoms with Gasteiger partial charge in [0.2, 0.25) is 0 Å². The van der Waals surface area contributed by atoms with Gasteiger partial charge in [0.05, 0.1) is 0 Å². The smallest absolute Gasteiger partial charge is 0.716 e. The fourth-order valence-electron chi connectivity index (χ4n) is 1.44. The minimum Gasteiger partial charge on any atom is -0.716 e. The van der Waals surface area contributed by atoms with Crippen LogP contribution in [0.25, 0.3) is 10.8 Å². The van der Waals surface area contributed by atoms with Crippen molar-refractivity contribution in [3.8, 4) is 11.5 Å². The van der Waals surface area contributed by atoms with Crippen LogP contribution in [0, 0.1) is 0 Å². The Hall–Kier alpha value is -0.154. The molecular weight excluding hydrogens is 271 g/mol. The number of phenols is 1. The van der Waals surface area contributed by atoms with Gasteiger partial charge in [0, 0.05) is 10.8 Å². The molecule has 17 heavy (non-hydrogen) atoms. The van der Waals surface area contributed by atoms with Crippen LogP contribution in [0.1, 0.15) is 0 Å². The van der Waals surface area contributed by atoms with Gasteiger partial charge in [0.1, 0.15) is 11.5 Å². The van der Waals surface area contributed by atoms with Gasteiger partial charge in [-0.2, -0.15) is 0 Å². The molecule has 0 heterocycles. The molecule has 0 saturated carbocycles. The van der Waals surface area contributed by atoms with E-state index in [1.54, 1.807) is 24.3 Å². The Labute approximate surface area is 141 Å². The first-order chi connectivity index (χ1) is 7.47. The molecule has 0 spiro atoms. The summed E-state index contributed by atoms with van der Waals surface area (Å²) in [7, 11) is -4.81. The van der Waals surface area contributed by atoms with Gasteiger partial charge in [0.15, 0.2) is 0 Å². The van der Waals surface area contributed by atoms with Gasteiger partial charge < -0.3 is 13.8 Å². The molecule has 0 fully saturated rings. The number of hydrogen-bond acceptors (Lipinski definition) is 5. The average molecular weight is 278 g/mol. The zero-order valence-corrected chi connectivity index (χ0v) is 12.9. The summed E-state index contributed by atoms with van der Waals surface area (Å²) in [5.41, 5.74) is 0. The van der Waals surface area contributed by atoms with Crippen LogP contribution in [0.2, 0.25) is 0 Å². The second-order valence-corrected chi connectivity index (χ2v) is 4.10. The van der Waals surface area contributed by atoms with Crippen LogP contribution < -0.4 is 55.6 Å². The first-order valence-corrected chi connectivity index (χ1v) is 5.67. The minimum absolute atomic E-state index is 0. The molecule has 5 nitrogen and oxygen atoms in total. The van der Waals surface area contributed by atoms with Crippen molar-refractivity contribution in [1.29, 1.82) is 0 Å². The largest absolute Gasteiger partial charge is 1.00 e. The predicted octanol–water partition coefficient (Wildman–Crippen LogP) is -1.61. The van der Waals surface area contributed by atoms with E-state index in [2.05, 4.69) is 4.18 Å². The first kappa shape index (κ1) is 14.9. The van der Waals surface area contributed by atoms with E-state index >= 15 is 0 Å². The Balaban J connectivity index is 0.00000144. The normalized spacial score (nSPS) is 10.9. The summed E-state index contributed by atoms with van der Waals surface area (Å²) in [6, 6.07) is 8.96. The van der Waals surface area contributed by atoms with Gasteiger partial charge in [-0.3, -0.25) is 0 Å². The summed E-state index contributed by atoms with van der Waals surface area (Å²) in [6.07, 6.45) is 0. The average Bonchev–Trinajstić information content (AvgIpc) is 2.21. The standard InChI is InChI=1S/C10H8O5S.K/c11-9-5-6-10(15-16(12,13)14)8-4-2-1-3-7(8)9;/h1-6,11H,(H,12,13,14);/q;+1/p-1. The van der Waals surface area contributed by atoms with E-state index < -0.39 is 10.4 Å². The maximum atomic E-state index is 10.5. The van der Waals surface area contributed by atoms with Gasteiger partial charge >= 0.3 is 51.4 Å². The molecule has 2 aromatic rings. The Bertz CT molecular complexity index is 638. The number of fused-ring (bicyclic) bond motifs is 1. The van der Waals surface area contributed by atoms with Crippen molar-refractivity contribution in [3.05, 3.63) is 36.4 Å². The molecule has 0 aliphatic heterocycles. The zero-order valence-electron chi connectivity index (χ0n) is 8.95. The molecule has 1 N–H and O–H groups in total. The molecule has 0 aliphatic rings. The Morgan fingerprint density at radius 1 is 1.06 bits per heavy atom. The second kappa shape index (κ2) is 5.66. The summed E-state index contributed by atoms with van der Waals surface area (Å²) in [5, 5.41) is 10.3. The maximum Gasteiger partial charge on any atom is 1.00 e. The molecule has 7 heteroatoms. The number of rotatable bonds is 2. The van der Waals surface area contributed by atoms with E-state index in [1.165, 1.54) is 12.1 Å². The summed E-state index contributed by atoms with van der Waals surface area (Å²) >= 11 is 0. The SMILES string of the molecule is O=S(=O)([O-])Oc1ccc(O)c2ccccc12.[K+]. The fourth-order valence-corrected chi connectivity index (χ4v) is 1.80. The van der Waals surface area contributed by atoms with E-state index in [0.29, 0.717) is 10.8 Å². The third-order valence-electron chi connectivity index (χ3n) is 2.05. The van der Waals surface area contributed by atoms with Crippen molar-refractivity contribution in [2.24, 2.45) is 0 Å². The van der Waals surface area contributed by atoms with Crippen LogP contribution in [0.5, 0.6) is 11.5 Å². The van der Waals surface area contributed by atoms with Crippen molar-refractivity contribution in [3.63, 3.8) is 0 Å². The molecule has 2 rings (SSSR count). The Kier molecular flexibility index (Phi) is 4.96. The quantitative estimate of drug-likeness (QED) is 0.406. The van der Waals surface area contributed by atoms with Gasteiger partial charge in [-0.05, 0) is 12.1 Å².